The summed E-state index contributed by atoms with van der Waals surface area (Å²) in [6, 6.07) is 4.12. The van der Waals surface area contributed by atoms with Crippen molar-refractivity contribution in [1.82, 2.24) is 20.7 Å². The molecular formula is C19H21FN4O3. The number of amides is 1. The summed E-state index contributed by atoms with van der Waals surface area (Å²) in [5.74, 6) is -0.725. The molecule has 1 fully saturated rings. The molecule has 1 aromatic heterocycles. The van der Waals surface area contributed by atoms with E-state index < -0.39 is 17.5 Å². The zero-order chi connectivity index (χ0) is 18.8. The van der Waals surface area contributed by atoms with Crippen molar-refractivity contribution >= 4 is 5.91 Å². The van der Waals surface area contributed by atoms with Gasteiger partial charge in [-0.15, -0.1) is 0 Å². The van der Waals surface area contributed by atoms with Gasteiger partial charge in [0.15, 0.2) is 11.6 Å². The lowest BCUT2D eigenvalue weighted by atomic mass is 9.95. The summed E-state index contributed by atoms with van der Waals surface area (Å²) in [5, 5.41) is 14.4. The summed E-state index contributed by atoms with van der Waals surface area (Å²) in [6.45, 7) is 0.669. The van der Waals surface area contributed by atoms with E-state index >= 15 is 0 Å². The Balaban J connectivity index is 1.45. The first-order valence-corrected chi connectivity index (χ1v) is 9.11. The molecule has 7 nitrogen and oxygen atoms in total. The van der Waals surface area contributed by atoms with Crippen molar-refractivity contribution in [2.75, 3.05) is 6.54 Å². The highest BCUT2D eigenvalue weighted by atomic mass is 19.1. The van der Waals surface area contributed by atoms with E-state index in [9.17, 15) is 14.3 Å². The molecule has 1 aromatic carbocycles. The molecule has 8 heteroatoms. The first-order valence-electron chi connectivity index (χ1n) is 9.11. The number of benzene rings is 1. The van der Waals surface area contributed by atoms with Crippen LogP contribution in [0.5, 0.6) is 5.75 Å². The van der Waals surface area contributed by atoms with Crippen LogP contribution in [0.2, 0.25) is 0 Å². The quantitative estimate of drug-likeness (QED) is 0.765. The fourth-order valence-electron chi connectivity index (χ4n) is 3.54. The van der Waals surface area contributed by atoms with Crippen LogP contribution in [0.3, 0.4) is 0 Å². The molecule has 2 aromatic rings. The molecule has 142 valence electrons. The summed E-state index contributed by atoms with van der Waals surface area (Å²) in [7, 11) is 0. The molecule has 1 saturated carbocycles. The van der Waals surface area contributed by atoms with Crippen molar-refractivity contribution in [1.29, 1.82) is 0 Å². The SMILES string of the molecule is O=C(NC1=CCNN1C1CCCCC1)c1cnc(-c2ccc(F)c(O)c2)o1. The van der Waals surface area contributed by atoms with Gasteiger partial charge >= 0.3 is 0 Å². The van der Waals surface area contributed by atoms with Crippen LogP contribution in [-0.2, 0) is 0 Å². The number of halogens is 1. The Hall–Kier alpha value is -2.87. The molecule has 0 spiro atoms. The minimum absolute atomic E-state index is 0.0465. The summed E-state index contributed by atoms with van der Waals surface area (Å²) in [5.41, 5.74) is 3.68. The lowest BCUT2D eigenvalue weighted by molar-refractivity contribution is 0.0894. The molecule has 1 aliphatic heterocycles. The number of nitrogens with one attached hydrogen (secondary N) is 2. The molecule has 1 amide bonds. The third kappa shape index (κ3) is 3.66. The van der Waals surface area contributed by atoms with Crippen LogP contribution < -0.4 is 10.7 Å². The van der Waals surface area contributed by atoms with Crippen LogP contribution in [0.1, 0.15) is 42.7 Å². The molecule has 3 N–H and O–H groups in total. The standard InChI is InChI=1S/C19H21FN4O3/c20-14-7-6-12(10-15(14)25)19-21-11-16(27-19)18(26)23-17-8-9-22-24(17)13-4-2-1-3-5-13/h6-8,10-11,13,22,25H,1-5,9H2,(H,23,26). The molecule has 1 aliphatic carbocycles. The van der Waals surface area contributed by atoms with Gasteiger partial charge in [0.05, 0.1) is 6.20 Å². The highest BCUT2D eigenvalue weighted by molar-refractivity contribution is 5.92. The zero-order valence-corrected chi connectivity index (χ0v) is 14.7. The fraction of sp³-hybridized carbons (Fsp3) is 0.368. The van der Waals surface area contributed by atoms with E-state index in [1.165, 1.54) is 37.6 Å². The van der Waals surface area contributed by atoms with Crippen molar-refractivity contribution in [3.8, 4) is 17.2 Å². The van der Waals surface area contributed by atoms with Crippen LogP contribution >= 0.6 is 0 Å². The van der Waals surface area contributed by atoms with Gasteiger partial charge in [-0.1, -0.05) is 19.3 Å². The Bertz CT molecular complexity index is 874. The van der Waals surface area contributed by atoms with Crippen LogP contribution in [0, 0.1) is 5.82 Å². The number of phenols is 1. The van der Waals surface area contributed by atoms with Gasteiger partial charge in [-0.3, -0.25) is 9.80 Å². The van der Waals surface area contributed by atoms with Gasteiger partial charge in [-0.25, -0.2) is 14.8 Å². The van der Waals surface area contributed by atoms with E-state index in [0.29, 0.717) is 18.2 Å². The predicted molar refractivity (Wildman–Crippen MR) is 95.8 cm³/mol. The van der Waals surface area contributed by atoms with Gasteiger partial charge in [0, 0.05) is 18.2 Å². The Labute approximate surface area is 155 Å². The molecule has 2 aliphatic rings. The number of carbonyl (C=O) groups excluding carboxylic acids is 1. The minimum Gasteiger partial charge on any atom is -0.505 e. The van der Waals surface area contributed by atoms with Gasteiger partial charge < -0.3 is 14.8 Å². The molecule has 0 bridgehead atoms. The number of nitrogens with zero attached hydrogens (tertiary/aromatic N) is 2. The average Bonchev–Trinajstić information content (AvgIpc) is 3.34. The number of hydrogen-bond donors (Lipinski definition) is 3. The van der Waals surface area contributed by atoms with E-state index in [1.54, 1.807) is 0 Å². The lowest BCUT2D eigenvalue weighted by Crippen LogP contribution is -2.46. The minimum atomic E-state index is -0.730. The van der Waals surface area contributed by atoms with Gasteiger partial charge in [0.25, 0.3) is 5.91 Å². The lowest BCUT2D eigenvalue weighted by Gasteiger charge is -2.34. The second-order valence-corrected chi connectivity index (χ2v) is 6.76. The fourth-order valence-corrected chi connectivity index (χ4v) is 3.54. The molecular weight excluding hydrogens is 351 g/mol. The Morgan fingerprint density at radius 1 is 1.33 bits per heavy atom. The number of oxazole rings is 1. The zero-order valence-electron chi connectivity index (χ0n) is 14.7. The van der Waals surface area contributed by atoms with E-state index in [1.807, 2.05) is 11.1 Å². The normalized spacial score (nSPS) is 17.8. The second-order valence-electron chi connectivity index (χ2n) is 6.76. The average molecular weight is 372 g/mol. The van der Waals surface area contributed by atoms with Crippen molar-refractivity contribution < 1.29 is 18.7 Å². The second kappa shape index (κ2) is 7.40. The first kappa shape index (κ1) is 17.5. The van der Waals surface area contributed by atoms with E-state index in [-0.39, 0.29) is 11.7 Å². The van der Waals surface area contributed by atoms with E-state index in [0.717, 1.165) is 24.7 Å². The largest absolute Gasteiger partial charge is 0.505 e. The third-order valence-corrected chi connectivity index (χ3v) is 4.92. The van der Waals surface area contributed by atoms with Crippen molar-refractivity contribution in [3.63, 3.8) is 0 Å². The summed E-state index contributed by atoms with van der Waals surface area (Å²) < 4.78 is 18.7. The van der Waals surface area contributed by atoms with Crippen LogP contribution in [0.25, 0.3) is 11.5 Å². The van der Waals surface area contributed by atoms with Crippen LogP contribution in [0.4, 0.5) is 4.39 Å². The topological polar surface area (TPSA) is 90.6 Å². The van der Waals surface area contributed by atoms with Crippen molar-refractivity contribution in [3.05, 3.63) is 47.9 Å². The van der Waals surface area contributed by atoms with Gasteiger partial charge in [0.1, 0.15) is 5.82 Å². The number of hydrogen-bond acceptors (Lipinski definition) is 6. The van der Waals surface area contributed by atoms with Gasteiger partial charge in [0.2, 0.25) is 11.7 Å². The maximum atomic E-state index is 13.2. The third-order valence-electron chi connectivity index (χ3n) is 4.92. The number of carbonyl (C=O) groups is 1. The summed E-state index contributed by atoms with van der Waals surface area (Å²) in [4.78, 5) is 16.6. The number of aromatic nitrogens is 1. The Morgan fingerprint density at radius 2 is 2.15 bits per heavy atom. The van der Waals surface area contributed by atoms with Gasteiger partial charge in [-0.2, -0.15) is 0 Å². The van der Waals surface area contributed by atoms with E-state index in [4.69, 9.17) is 4.42 Å². The monoisotopic (exact) mass is 372 g/mol. The molecule has 0 radical (unpaired) electrons. The highest BCUT2D eigenvalue weighted by Crippen LogP contribution is 2.27. The van der Waals surface area contributed by atoms with Crippen molar-refractivity contribution in [2.45, 2.75) is 38.1 Å². The van der Waals surface area contributed by atoms with E-state index in [2.05, 4.69) is 15.7 Å². The smallest absolute Gasteiger partial charge is 0.294 e. The maximum Gasteiger partial charge on any atom is 0.294 e. The molecule has 27 heavy (non-hydrogen) atoms. The van der Waals surface area contributed by atoms with Gasteiger partial charge in [-0.05, 0) is 37.1 Å². The maximum absolute atomic E-state index is 13.2. The van der Waals surface area contributed by atoms with Crippen molar-refractivity contribution in [2.24, 2.45) is 0 Å². The molecule has 0 saturated heterocycles. The number of rotatable bonds is 4. The molecule has 0 unspecified atom stereocenters. The summed E-state index contributed by atoms with van der Waals surface area (Å²) >= 11 is 0. The number of phenolic OH excluding ortho intramolecular Hbond substituents is 1. The van der Waals surface area contributed by atoms with Crippen LogP contribution in [0.15, 0.2) is 40.7 Å². The Kier molecular flexibility index (Phi) is 4.81. The highest BCUT2D eigenvalue weighted by Gasteiger charge is 2.27. The Morgan fingerprint density at radius 3 is 2.93 bits per heavy atom. The van der Waals surface area contributed by atoms with Crippen LogP contribution in [-0.4, -0.2) is 33.6 Å². The first-order chi connectivity index (χ1) is 13.1. The molecule has 2 heterocycles. The molecule has 0 atom stereocenters. The summed E-state index contributed by atoms with van der Waals surface area (Å²) in [6.07, 6.45) is 9.10. The number of aromatic hydroxyl groups is 1. The molecule has 4 rings (SSSR count). The number of hydrazine groups is 1. The predicted octanol–water partition coefficient (Wildman–Crippen LogP) is 2.91.